The van der Waals surface area contributed by atoms with E-state index in [0.29, 0.717) is 13.0 Å². The summed E-state index contributed by atoms with van der Waals surface area (Å²) in [7, 11) is 0. The fraction of sp³-hybridized carbons (Fsp3) is 0.444. The van der Waals surface area contributed by atoms with Gasteiger partial charge in [-0.25, -0.2) is 0 Å². The third-order valence-electron chi connectivity index (χ3n) is 1.71. The average Bonchev–Trinajstić information content (AvgIpc) is 2.03. The van der Waals surface area contributed by atoms with Crippen molar-refractivity contribution in [3.8, 4) is 0 Å². The summed E-state index contributed by atoms with van der Waals surface area (Å²) < 4.78 is 1.60. The molecule has 12 heavy (non-hydrogen) atoms. The quantitative estimate of drug-likeness (QED) is 0.714. The van der Waals surface area contributed by atoms with E-state index in [-0.39, 0.29) is 12.2 Å². The van der Waals surface area contributed by atoms with Gasteiger partial charge in [0.05, 0.1) is 0 Å². The molecule has 0 aliphatic rings. The monoisotopic (exact) mass is 167 g/mol. The Morgan fingerprint density at radius 3 is 2.92 bits per heavy atom. The van der Waals surface area contributed by atoms with Crippen molar-refractivity contribution in [2.45, 2.75) is 19.9 Å². The molecule has 3 heteroatoms. The Bertz CT molecular complexity index is 304. The summed E-state index contributed by atoms with van der Waals surface area (Å²) in [6, 6.07) is 3.48. The molecular formula is C9H13NO2. The molecule has 0 fully saturated rings. The molecule has 0 amide bonds. The van der Waals surface area contributed by atoms with Crippen LogP contribution >= 0.6 is 0 Å². The van der Waals surface area contributed by atoms with Crippen LogP contribution in [0.2, 0.25) is 0 Å². The normalized spacial score (nSPS) is 10.2. The minimum atomic E-state index is 0.00319. The van der Waals surface area contributed by atoms with Gasteiger partial charge >= 0.3 is 0 Å². The second kappa shape index (κ2) is 4.07. The second-order valence-corrected chi connectivity index (χ2v) is 2.81. The molecule has 0 saturated carbocycles. The standard InChI is InChI=1S/C9H13NO2/c1-8-3-5-10(4-2-6-11)9(12)7-8/h3,5,7,11H,2,4,6H2,1H3. The molecule has 0 saturated heterocycles. The van der Waals surface area contributed by atoms with Crippen molar-refractivity contribution in [3.05, 3.63) is 34.2 Å². The summed E-state index contributed by atoms with van der Waals surface area (Å²) in [5, 5.41) is 8.56. The number of aliphatic hydroxyl groups is 1. The first kappa shape index (κ1) is 9.00. The molecule has 0 spiro atoms. The van der Waals surface area contributed by atoms with Crippen LogP contribution in [0.3, 0.4) is 0 Å². The SMILES string of the molecule is Cc1ccn(CCCO)c(=O)c1. The topological polar surface area (TPSA) is 42.2 Å². The van der Waals surface area contributed by atoms with Gasteiger partial charge in [-0.05, 0) is 25.0 Å². The van der Waals surface area contributed by atoms with E-state index in [2.05, 4.69) is 0 Å². The van der Waals surface area contributed by atoms with Crippen molar-refractivity contribution in [2.75, 3.05) is 6.61 Å². The van der Waals surface area contributed by atoms with Crippen LogP contribution in [0.5, 0.6) is 0 Å². The zero-order valence-corrected chi connectivity index (χ0v) is 7.16. The molecule has 0 bridgehead atoms. The van der Waals surface area contributed by atoms with E-state index < -0.39 is 0 Å². The van der Waals surface area contributed by atoms with E-state index in [0.717, 1.165) is 5.56 Å². The van der Waals surface area contributed by atoms with E-state index in [1.54, 1.807) is 16.8 Å². The Hall–Kier alpha value is -1.09. The number of pyridine rings is 1. The van der Waals surface area contributed by atoms with Crippen LogP contribution in [-0.2, 0) is 6.54 Å². The molecule has 1 aromatic rings. The van der Waals surface area contributed by atoms with Crippen LogP contribution in [0.15, 0.2) is 23.1 Å². The first-order valence-corrected chi connectivity index (χ1v) is 4.02. The Morgan fingerprint density at radius 2 is 2.33 bits per heavy atom. The number of nitrogens with zero attached hydrogens (tertiary/aromatic N) is 1. The fourth-order valence-corrected chi connectivity index (χ4v) is 1.03. The van der Waals surface area contributed by atoms with Gasteiger partial charge in [0.1, 0.15) is 0 Å². The largest absolute Gasteiger partial charge is 0.396 e. The zero-order chi connectivity index (χ0) is 8.97. The van der Waals surface area contributed by atoms with Crippen molar-refractivity contribution < 1.29 is 5.11 Å². The molecule has 1 rings (SSSR count). The predicted molar refractivity (Wildman–Crippen MR) is 47.1 cm³/mol. The Kier molecular flexibility index (Phi) is 3.05. The van der Waals surface area contributed by atoms with Gasteiger partial charge in [0.15, 0.2) is 0 Å². The minimum absolute atomic E-state index is 0.00319. The van der Waals surface area contributed by atoms with Crippen molar-refractivity contribution in [1.82, 2.24) is 4.57 Å². The molecule has 66 valence electrons. The summed E-state index contributed by atoms with van der Waals surface area (Å²) in [5.41, 5.74) is 0.976. The Labute approximate surface area is 71.3 Å². The van der Waals surface area contributed by atoms with E-state index in [1.165, 1.54) is 0 Å². The van der Waals surface area contributed by atoms with Crippen LogP contribution in [0.4, 0.5) is 0 Å². The third-order valence-corrected chi connectivity index (χ3v) is 1.71. The number of hydrogen-bond acceptors (Lipinski definition) is 2. The van der Waals surface area contributed by atoms with E-state index >= 15 is 0 Å². The molecule has 1 aromatic heterocycles. The fourth-order valence-electron chi connectivity index (χ4n) is 1.03. The van der Waals surface area contributed by atoms with E-state index in [9.17, 15) is 4.79 Å². The lowest BCUT2D eigenvalue weighted by molar-refractivity contribution is 0.279. The molecule has 0 aromatic carbocycles. The molecule has 0 unspecified atom stereocenters. The lowest BCUT2D eigenvalue weighted by Crippen LogP contribution is -2.19. The summed E-state index contributed by atoms with van der Waals surface area (Å²) >= 11 is 0. The molecule has 1 heterocycles. The van der Waals surface area contributed by atoms with Crippen LogP contribution < -0.4 is 5.56 Å². The Balaban J connectivity index is 2.80. The van der Waals surface area contributed by atoms with Gasteiger partial charge in [0.25, 0.3) is 5.56 Å². The highest BCUT2D eigenvalue weighted by Crippen LogP contribution is 1.91. The Morgan fingerprint density at radius 1 is 1.58 bits per heavy atom. The van der Waals surface area contributed by atoms with Gasteiger partial charge in [0.2, 0.25) is 0 Å². The molecule has 0 aliphatic carbocycles. The molecular weight excluding hydrogens is 154 g/mol. The number of aryl methyl sites for hydroxylation is 2. The van der Waals surface area contributed by atoms with Crippen molar-refractivity contribution in [1.29, 1.82) is 0 Å². The lowest BCUT2D eigenvalue weighted by atomic mass is 10.3. The number of aliphatic hydroxyl groups excluding tert-OH is 1. The van der Waals surface area contributed by atoms with Gasteiger partial charge in [-0.15, -0.1) is 0 Å². The number of rotatable bonds is 3. The van der Waals surface area contributed by atoms with Crippen molar-refractivity contribution >= 4 is 0 Å². The van der Waals surface area contributed by atoms with Crippen LogP contribution in [-0.4, -0.2) is 16.3 Å². The molecule has 0 aliphatic heterocycles. The zero-order valence-electron chi connectivity index (χ0n) is 7.16. The first-order valence-electron chi connectivity index (χ1n) is 4.02. The van der Waals surface area contributed by atoms with E-state index in [1.807, 2.05) is 13.0 Å². The van der Waals surface area contributed by atoms with Gasteiger partial charge in [-0.3, -0.25) is 4.79 Å². The van der Waals surface area contributed by atoms with E-state index in [4.69, 9.17) is 5.11 Å². The van der Waals surface area contributed by atoms with Crippen molar-refractivity contribution in [2.24, 2.45) is 0 Å². The highest BCUT2D eigenvalue weighted by atomic mass is 16.3. The maximum absolute atomic E-state index is 11.2. The van der Waals surface area contributed by atoms with Gasteiger partial charge in [-0.2, -0.15) is 0 Å². The highest BCUT2D eigenvalue weighted by molar-refractivity contribution is 5.07. The maximum atomic E-state index is 11.2. The number of aromatic nitrogens is 1. The summed E-state index contributed by atoms with van der Waals surface area (Å²) in [5.74, 6) is 0. The molecule has 1 N–H and O–H groups in total. The second-order valence-electron chi connectivity index (χ2n) is 2.81. The van der Waals surface area contributed by atoms with Crippen molar-refractivity contribution in [3.63, 3.8) is 0 Å². The average molecular weight is 167 g/mol. The highest BCUT2D eigenvalue weighted by Gasteiger charge is 1.94. The van der Waals surface area contributed by atoms with Gasteiger partial charge in [-0.1, -0.05) is 0 Å². The van der Waals surface area contributed by atoms with Crippen LogP contribution in [0, 0.1) is 6.92 Å². The summed E-state index contributed by atoms with van der Waals surface area (Å²) in [4.78, 5) is 11.2. The third kappa shape index (κ3) is 2.20. The van der Waals surface area contributed by atoms with Gasteiger partial charge < -0.3 is 9.67 Å². The predicted octanol–water partition coefficient (Wildman–Crippen LogP) is 0.539. The van der Waals surface area contributed by atoms with Crippen LogP contribution in [0.25, 0.3) is 0 Å². The summed E-state index contributed by atoms with van der Waals surface area (Å²) in [6.45, 7) is 2.60. The maximum Gasteiger partial charge on any atom is 0.250 e. The molecule has 0 atom stereocenters. The number of hydrogen-bond donors (Lipinski definition) is 1. The lowest BCUT2D eigenvalue weighted by Gasteiger charge is -2.03. The molecule has 3 nitrogen and oxygen atoms in total. The smallest absolute Gasteiger partial charge is 0.250 e. The minimum Gasteiger partial charge on any atom is -0.396 e. The first-order chi connectivity index (χ1) is 5.74. The molecule has 0 radical (unpaired) electrons. The van der Waals surface area contributed by atoms with Gasteiger partial charge in [0, 0.05) is 25.4 Å². The summed E-state index contributed by atoms with van der Waals surface area (Å²) in [6.07, 6.45) is 2.39. The van der Waals surface area contributed by atoms with Crippen LogP contribution in [0.1, 0.15) is 12.0 Å².